The Bertz CT molecular complexity index is 699. The van der Waals surface area contributed by atoms with Gasteiger partial charge in [0, 0.05) is 12.5 Å². The van der Waals surface area contributed by atoms with E-state index < -0.39 is 0 Å². The van der Waals surface area contributed by atoms with Gasteiger partial charge in [0.15, 0.2) is 5.58 Å². The van der Waals surface area contributed by atoms with E-state index in [4.69, 9.17) is 4.42 Å². The van der Waals surface area contributed by atoms with Gasteiger partial charge in [-0.05, 0) is 18.6 Å². The number of nitrogens with zero attached hydrogens (tertiary/aromatic N) is 4. The Kier molecular flexibility index (Phi) is 2.74. The number of para-hydroxylation sites is 2. The predicted molar refractivity (Wildman–Crippen MR) is 73.0 cm³/mol. The molecule has 0 radical (unpaired) electrons. The monoisotopic (exact) mass is 269 g/mol. The molecular weight excluding hydrogens is 254 g/mol. The first kappa shape index (κ1) is 11.6. The first-order valence-electron chi connectivity index (χ1n) is 6.83. The maximum atomic E-state index is 5.71. The minimum absolute atomic E-state index is 0.388. The molecule has 6 heteroatoms. The van der Waals surface area contributed by atoms with Gasteiger partial charge < -0.3 is 9.73 Å². The summed E-state index contributed by atoms with van der Waals surface area (Å²) in [4.78, 5) is 8.70. The van der Waals surface area contributed by atoms with Crippen LogP contribution in [0.2, 0.25) is 0 Å². The molecule has 1 aliphatic rings. The van der Waals surface area contributed by atoms with Gasteiger partial charge in [0.1, 0.15) is 17.7 Å². The van der Waals surface area contributed by atoms with Gasteiger partial charge in [-0.25, -0.2) is 14.6 Å². The average Bonchev–Trinajstić information content (AvgIpc) is 3.10. The summed E-state index contributed by atoms with van der Waals surface area (Å²) >= 11 is 0. The molecule has 0 spiro atoms. The molecule has 6 nitrogen and oxygen atoms in total. The van der Waals surface area contributed by atoms with Crippen molar-refractivity contribution in [2.45, 2.75) is 32.0 Å². The largest absolute Gasteiger partial charge is 0.439 e. The van der Waals surface area contributed by atoms with E-state index >= 15 is 0 Å². The molecule has 0 bridgehead atoms. The Labute approximate surface area is 115 Å². The molecule has 2 aromatic heterocycles. The number of fused-ring (bicyclic) bond motifs is 2. The summed E-state index contributed by atoms with van der Waals surface area (Å²) in [5, 5.41) is 7.71. The Morgan fingerprint density at radius 3 is 3.25 bits per heavy atom. The molecule has 3 heterocycles. The molecule has 0 amide bonds. The summed E-state index contributed by atoms with van der Waals surface area (Å²) in [6, 6.07) is 8.21. The molecule has 1 N–H and O–H groups in total. The third-order valence-corrected chi connectivity index (χ3v) is 3.69. The molecule has 0 fully saturated rings. The lowest BCUT2D eigenvalue weighted by atomic mass is 10.1. The predicted octanol–water partition coefficient (Wildman–Crippen LogP) is 1.52. The molecule has 1 atom stereocenters. The van der Waals surface area contributed by atoms with Crippen LogP contribution in [0.1, 0.15) is 18.1 Å². The number of nitrogens with one attached hydrogen (secondary N) is 1. The van der Waals surface area contributed by atoms with E-state index in [0.717, 1.165) is 42.2 Å². The van der Waals surface area contributed by atoms with Crippen LogP contribution < -0.4 is 5.32 Å². The number of benzene rings is 1. The zero-order valence-corrected chi connectivity index (χ0v) is 11.0. The molecule has 0 saturated heterocycles. The Morgan fingerprint density at radius 1 is 1.35 bits per heavy atom. The highest BCUT2D eigenvalue weighted by Gasteiger charge is 2.19. The first-order chi connectivity index (χ1) is 9.88. The molecule has 0 aliphatic carbocycles. The summed E-state index contributed by atoms with van der Waals surface area (Å²) in [6.45, 7) is 1.50. The van der Waals surface area contributed by atoms with E-state index in [0.29, 0.717) is 12.6 Å². The van der Waals surface area contributed by atoms with Crippen LogP contribution in [0.3, 0.4) is 0 Å². The minimum atomic E-state index is 0.388. The third-order valence-electron chi connectivity index (χ3n) is 3.69. The van der Waals surface area contributed by atoms with Gasteiger partial charge in [0.25, 0.3) is 0 Å². The van der Waals surface area contributed by atoms with Gasteiger partial charge in [-0.15, -0.1) is 0 Å². The minimum Gasteiger partial charge on any atom is -0.439 e. The summed E-state index contributed by atoms with van der Waals surface area (Å²) in [7, 11) is 0. The van der Waals surface area contributed by atoms with Crippen molar-refractivity contribution in [2.75, 3.05) is 0 Å². The second-order valence-corrected chi connectivity index (χ2v) is 5.05. The standard InChI is InChI=1S/C14H15N5O/c1-2-4-12-11(3-1)18-14(20-12)7-15-10-5-6-13-16-9-17-19(13)8-10/h1-4,9-10,15H,5-8H2/t10-/m0/s1. The topological polar surface area (TPSA) is 68.8 Å². The Morgan fingerprint density at radius 2 is 2.30 bits per heavy atom. The van der Waals surface area contributed by atoms with Crippen LogP contribution in [0, 0.1) is 0 Å². The highest BCUT2D eigenvalue weighted by molar-refractivity contribution is 5.72. The highest BCUT2D eigenvalue weighted by Crippen LogP contribution is 2.16. The Balaban J connectivity index is 1.43. The fraction of sp³-hybridized carbons (Fsp3) is 0.357. The lowest BCUT2D eigenvalue weighted by molar-refractivity contribution is 0.344. The number of rotatable bonds is 3. The zero-order chi connectivity index (χ0) is 13.4. The molecular formula is C14H15N5O. The second kappa shape index (κ2) is 4.72. The molecule has 1 aliphatic heterocycles. The van der Waals surface area contributed by atoms with E-state index in [-0.39, 0.29) is 0 Å². The van der Waals surface area contributed by atoms with Crippen LogP contribution >= 0.6 is 0 Å². The van der Waals surface area contributed by atoms with Gasteiger partial charge in [-0.1, -0.05) is 12.1 Å². The highest BCUT2D eigenvalue weighted by atomic mass is 16.3. The van der Waals surface area contributed by atoms with E-state index in [1.54, 1.807) is 6.33 Å². The molecule has 0 saturated carbocycles. The SMILES string of the molecule is c1ccc2oc(CN[C@H]3CCc4ncnn4C3)nc2c1. The van der Waals surface area contributed by atoms with E-state index in [9.17, 15) is 0 Å². The van der Waals surface area contributed by atoms with Crippen LogP contribution in [-0.2, 0) is 19.5 Å². The van der Waals surface area contributed by atoms with Crippen molar-refractivity contribution in [3.05, 3.63) is 42.3 Å². The van der Waals surface area contributed by atoms with Crippen LogP contribution in [0.25, 0.3) is 11.1 Å². The van der Waals surface area contributed by atoms with Crippen LogP contribution in [0.5, 0.6) is 0 Å². The van der Waals surface area contributed by atoms with Crippen molar-refractivity contribution in [3.8, 4) is 0 Å². The van der Waals surface area contributed by atoms with Gasteiger partial charge in [-0.3, -0.25) is 0 Å². The lowest BCUT2D eigenvalue weighted by Gasteiger charge is -2.22. The van der Waals surface area contributed by atoms with Crippen LogP contribution in [0.4, 0.5) is 0 Å². The Hall–Kier alpha value is -2.21. The molecule has 0 unspecified atom stereocenters. The summed E-state index contributed by atoms with van der Waals surface area (Å²) in [5.74, 6) is 1.81. The smallest absolute Gasteiger partial charge is 0.209 e. The van der Waals surface area contributed by atoms with E-state index in [1.807, 2.05) is 28.9 Å². The van der Waals surface area contributed by atoms with Crippen molar-refractivity contribution in [1.82, 2.24) is 25.1 Å². The van der Waals surface area contributed by atoms with Crippen molar-refractivity contribution in [3.63, 3.8) is 0 Å². The molecule has 3 aromatic rings. The van der Waals surface area contributed by atoms with Gasteiger partial charge in [0.05, 0.1) is 13.1 Å². The van der Waals surface area contributed by atoms with Crippen molar-refractivity contribution in [1.29, 1.82) is 0 Å². The van der Waals surface area contributed by atoms with Gasteiger partial charge in [0.2, 0.25) is 5.89 Å². The average molecular weight is 269 g/mol. The number of hydrogen-bond donors (Lipinski definition) is 1. The molecule has 4 rings (SSSR count). The second-order valence-electron chi connectivity index (χ2n) is 5.05. The number of hydrogen-bond acceptors (Lipinski definition) is 5. The maximum Gasteiger partial charge on any atom is 0.209 e. The van der Waals surface area contributed by atoms with Crippen molar-refractivity contribution in [2.24, 2.45) is 0 Å². The summed E-state index contributed by atoms with van der Waals surface area (Å²) < 4.78 is 7.67. The van der Waals surface area contributed by atoms with Crippen LogP contribution in [0.15, 0.2) is 35.0 Å². The maximum absolute atomic E-state index is 5.71. The summed E-state index contributed by atoms with van der Waals surface area (Å²) in [6.07, 6.45) is 3.66. The number of aryl methyl sites for hydroxylation is 1. The van der Waals surface area contributed by atoms with E-state index in [2.05, 4.69) is 20.4 Å². The first-order valence-corrected chi connectivity index (χ1v) is 6.83. The van der Waals surface area contributed by atoms with Crippen LogP contribution in [-0.4, -0.2) is 25.8 Å². The van der Waals surface area contributed by atoms with Crippen molar-refractivity contribution < 1.29 is 4.42 Å². The fourth-order valence-electron chi connectivity index (χ4n) is 2.63. The normalized spacial score (nSPS) is 18.3. The zero-order valence-electron chi connectivity index (χ0n) is 11.0. The number of aromatic nitrogens is 4. The van der Waals surface area contributed by atoms with Gasteiger partial charge in [-0.2, -0.15) is 5.10 Å². The quantitative estimate of drug-likeness (QED) is 0.780. The van der Waals surface area contributed by atoms with Crippen molar-refractivity contribution >= 4 is 11.1 Å². The third kappa shape index (κ3) is 2.08. The van der Waals surface area contributed by atoms with Gasteiger partial charge >= 0.3 is 0 Å². The molecule has 102 valence electrons. The fourth-order valence-corrected chi connectivity index (χ4v) is 2.63. The lowest BCUT2D eigenvalue weighted by Crippen LogP contribution is -2.37. The van der Waals surface area contributed by atoms with E-state index in [1.165, 1.54) is 0 Å². The summed E-state index contributed by atoms with van der Waals surface area (Å²) in [5.41, 5.74) is 1.75. The number of oxazole rings is 1. The molecule has 20 heavy (non-hydrogen) atoms. The molecule has 1 aromatic carbocycles.